The van der Waals surface area contributed by atoms with E-state index < -0.39 is 15.8 Å². The van der Waals surface area contributed by atoms with Crippen LogP contribution in [0.1, 0.15) is 11.5 Å². The lowest BCUT2D eigenvalue weighted by molar-refractivity contribution is -0.917. The van der Waals surface area contributed by atoms with Crippen LogP contribution in [0.5, 0.6) is 0 Å². The molecule has 1 N–H and O–H groups in total. The Morgan fingerprint density at radius 3 is 2.62 bits per heavy atom. The van der Waals surface area contributed by atoms with Crippen LogP contribution in [0.15, 0.2) is 33.7 Å². The minimum Gasteiger partial charge on any atom is -0.361 e. The summed E-state index contributed by atoms with van der Waals surface area (Å²) in [4.78, 5) is 0.883. The Balaban J connectivity index is 1.67. The third kappa shape index (κ3) is 3.61. The smallest absolute Gasteiger partial charge is 0.246 e. The molecule has 2 aromatic rings. The highest BCUT2D eigenvalue weighted by atomic mass is 35.5. The van der Waals surface area contributed by atoms with Gasteiger partial charge in [-0.15, -0.1) is 0 Å². The van der Waals surface area contributed by atoms with Crippen molar-refractivity contribution in [2.45, 2.75) is 18.4 Å². The molecular weight excluding hydrogens is 357 g/mol. The molecule has 0 radical (unpaired) electrons. The number of aryl methyl sites for hydroxylation is 1. The topological polar surface area (TPSA) is 67.8 Å². The molecule has 0 atom stereocenters. The van der Waals surface area contributed by atoms with Crippen LogP contribution in [0.4, 0.5) is 4.39 Å². The Kier molecular flexibility index (Phi) is 4.91. The second kappa shape index (κ2) is 6.79. The molecule has 1 aromatic carbocycles. The summed E-state index contributed by atoms with van der Waals surface area (Å²) >= 11 is 5.69. The third-order valence-electron chi connectivity index (χ3n) is 4.05. The number of rotatable bonds is 4. The van der Waals surface area contributed by atoms with Crippen molar-refractivity contribution in [3.05, 3.63) is 46.6 Å². The molecule has 6 nitrogen and oxygen atoms in total. The van der Waals surface area contributed by atoms with Crippen molar-refractivity contribution in [1.29, 1.82) is 0 Å². The number of nitrogens with one attached hydrogen (secondary N) is 1. The number of aromatic nitrogens is 1. The summed E-state index contributed by atoms with van der Waals surface area (Å²) in [5.41, 5.74) is 0.850. The number of sulfonamides is 1. The zero-order valence-corrected chi connectivity index (χ0v) is 14.7. The van der Waals surface area contributed by atoms with E-state index in [-0.39, 0.29) is 9.92 Å². The molecule has 0 unspecified atom stereocenters. The summed E-state index contributed by atoms with van der Waals surface area (Å²) in [5.74, 6) is -0.0702. The van der Waals surface area contributed by atoms with Crippen LogP contribution in [-0.2, 0) is 16.6 Å². The molecule has 1 fully saturated rings. The summed E-state index contributed by atoms with van der Waals surface area (Å²) in [7, 11) is -3.85. The fourth-order valence-electron chi connectivity index (χ4n) is 2.80. The summed E-state index contributed by atoms with van der Waals surface area (Å²) in [6.45, 7) is 4.42. The molecular formula is C15H18ClFN3O3S+. The second-order valence-corrected chi connectivity index (χ2v) is 8.18. The van der Waals surface area contributed by atoms with E-state index in [9.17, 15) is 12.8 Å². The first-order valence-corrected chi connectivity index (χ1v) is 9.39. The zero-order chi connectivity index (χ0) is 17.3. The van der Waals surface area contributed by atoms with E-state index in [0.29, 0.717) is 32.7 Å². The van der Waals surface area contributed by atoms with Gasteiger partial charge in [0.2, 0.25) is 10.0 Å². The van der Waals surface area contributed by atoms with Gasteiger partial charge < -0.3 is 9.42 Å². The average Bonchev–Trinajstić information content (AvgIpc) is 2.92. The van der Waals surface area contributed by atoms with Crippen molar-refractivity contribution in [3.63, 3.8) is 0 Å². The van der Waals surface area contributed by atoms with Crippen molar-refractivity contribution >= 4 is 21.6 Å². The number of hydrogen-bond acceptors (Lipinski definition) is 4. The van der Waals surface area contributed by atoms with E-state index in [2.05, 4.69) is 5.16 Å². The third-order valence-corrected chi connectivity index (χ3v) is 6.22. The molecule has 0 spiro atoms. The molecule has 1 aliphatic rings. The lowest BCUT2D eigenvalue weighted by atomic mass is 10.3. The number of quaternary nitrogens is 1. The van der Waals surface area contributed by atoms with Crippen LogP contribution in [0, 0.1) is 12.7 Å². The maximum Gasteiger partial charge on any atom is 0.246 e. The normalized spacial score (nSPS) is 17.3. The quantitative estimate of drug-likeness (QED) is 0.862. The molecule has 9 heteroatoms. The van der Waals surface area contributed by atoms with E-state index in [1.54, 1.807) is 0 Å². The zero-order valence-electron chi connectivity index (χ0n) is 13.1. The van der Waals surface area contributed by atoms with E-state index in [1.165, 1.54) is 21.3 Å². The predicted octanol–water partition coefficient (Wildman–Crippen LogP) is 0.865. The minimum absolute atomic E-state index is 0.170. The van der Waals surface area contributed by atoms with Gasteiger partial charge in [-0.2, -0.15) is 4.31 Å². The fraction of sp³-hybridized carbons (Fsp3) is 0.400. The van der Waals surface area contributed by atoms with Gasteiger partial charge in [0.1, 0.15) is 28.7 Å². The van der Waals surface area contributed by atoms with Gasteiger partial charge in [0.15, 0.2) is 0 Å². The summed E-state index contributed by atoms with van der Waals surface area (Å²) in [6, 6.07) is 5.48. The summed E-state index contributed by atoms with van der Waals surface area (Å²) in [5, 5.41) is 4.13. The number of piperazine rings is 1. The van der Waals surface area contributed by atoms with Gasteiger partial charge in [-0.25, -0.2) is 12.8 Å². The maximum absolute atomic E-state index is 14.0. The molecule has 0 amide bonds. The average molecular weight is 375 g/mol. The molecule has 0 aliphatic carbocycles. The van der Waals surface area contributed by atoms with Crippen LogP contribution in [-0.4, -0.2) is 44.1 Å². The van der Waals surface area contributed by atoms with Gasteiger partial charge in [0.25, 0.3) is 0 Å². The molecule has 1 aliphatic heterocycles. The molecule has 3 rings (SSSR count). The number of halogens is 2. The van der Waals surface area contributed by atoms with Gasteiger partial charge in [-0.1, -0.05) is 16.8 Å². The Hall–Kier alpha value is -1.48. The highest BCUT2D eigenvalue weighted by Crippen LogP contribution is 2.22. The largest absolute Gasteiger partial charge is 0.361 e. The molecule has 2 heterocycles. The number of benzene rings is 1. The first-order valence-electron chi connectivity index (χ1n) is 7.57. The second-order valence-electron chi connectivity index (χ2n) is 5.83. The Morgan fingerprint density at radius 2 is 2.04 bits per heavy atom. The lowest BCUT2D eigenvalue weighted by Gasteiger charge is -2.31. The molecule has 0 bridgehead atoms. The van der Waals surface area contributed by atoms with Crippen molar-refractivity contribution in [1.82, 2.24) is 9.46 Å². The first kappa shape index (κ1) is 17.3. The van der Waals surface area contributed by atoms with E-state index >= 15 is 0 Å². The first-order chi connectivity index (χ1) is 11.4. The van der Waals surface area contributed by atoms with E-state index in [1.807, 2.05) is 13.0 Å². The van der Waals surface area contributed by atoms with E-state index in [4.69, 9.17) is 16.1 Å². The molecule has 130 valence electrons. The number of hydrogen-bond donors (Lipinski definition) is 1. The van der Waals surface area contributed by atoms with Gasteiger partial charge >= 0.3 is 0 Å². The summed E-state index contributed by atoms with van der Waals surface area (Å²) in [6.07, 6.45) is 0. The van der Waals surface area contributed by atoms with Crippen molar-refractivity contribution < 1.29 is 22.2 Å². The SMILES string of the molecule is Cc1cc(C[NH+]2CCN(S(=O)(=O)c3ccc(Cl)cc3F)CC2)no1. The van der Waals surface area contributed by atoms with Gasteiger partial charge in [-0.05, 0) is 25.1 Å². The van der Waals surface area contributed by atoms with Crippen LogP contribution < -0.4 is 4.90 Å². The van der Waals surface area contributed by atoms with Crippen molar-refractivity contribution in [2.75, 3.05) is 26.2 Å². The summed E-state index contributed by atoms with van der Waals surface area (Å²) < 4.78 is 45.5. The Bertz CT molecular complexity index is 832. The van der Waals surface area contributed by atoms with Gasteiger partial charge in [0.05, 0.1) is 26.2 Å². The monoisotopic (exact) mass is 374 g/mol. The Labute approximate surface area is 144 Å². The molecule has 0 saturated carbocycles. The molecule has 1 aromatic heterocycles. The van der Waals surface area contributed by atoms with Gasteiger partial charge in [-0.3, -0.25) is 0 Å². The highest BCUT2D eigenvalue weighted by molar-refractivity contribution is 7.89. The highest BCUT2D eigenvalue weighted by Gasteiger charge is 2.32. The van der Waals surface area contributed by atoms with Gasteiger partial charge in [0, 0.05) is 11.1 Å². The number of nitrogens with zero attached hydrogens (tertiary/aromatic N) is 2. The van der Waals surface area contributed by atoms with E-state index in [0.717, 1.165) is 17.5 Å². The maximum atomic E-state index is 14.0. The molecule has 24 heavy (non-hydrogen) atoms. The molecule has 1 saturated heterocycles. The van der Waals surface area contributed by atoms with Crippen LogP contribution in [0.25, 0.3) is 0 Å². The van der Waals surface area contributed by atoms with Crippen molar-refractivity contribution in [2.24, 2.45) is 0 Å². The van der Waals surface area contributed by atoms with Crippen molar-refractivity contribution in [3.8, 4) is 0 Å². The van der Waals surface area contributed by atoms with Crippen LogP contribution in [0.2, 0.25) is 5.02 Å². The standard InChI is InChI=1S/C15H17ClFN3O3S/c1-11-8-13(18-23-11)10-19-4-6-20(7-5-19)24(21,22)15-3-2-12(16)9-14(15)17/h2-3,8-9H,4-7,10H2,1H3/p+1. The fourth-order valence-corrected chi connectivity index (χ4v) is 4.45. The van der Waals surface area contributed by atoms with Crippen LogP contribution in [0.3, 0.4) is 0 Å². The Morgan fingerprint density at radius 1 is 1.33 bits per heavy atom. The lowest BCUT2D eigenvalue weighted by Crippen LogP contribution is -3.13. The van der Waals surface area contributed by atoms with Crippen LogP contribution >= 0.6 is 11.6 Å². The minimum atomic E-state index is -3.85. The predicted molar refractivity (Wildman–Crippen MR) is 85.8 cm³/mol.